The highest BCUT2D eigenvalue weighted by Gasteiger charge is 2.26. The second-order valence-electron chi connectivity index (χ2n) is 10.1. The molecule has 0 saturated carbocycles. The van der Waals surface area contributed by atoms with Gasteiger partial charge in [0, 0.05) is 55.1 Å². The Labute approximate surface area is 220 Å². The molecule has 0 unspecified atom stereocenters. The maximum Gasteiger partial charge on any atom is 0.220 e. The van der Waals surface area contributed by atoms with Crippen LogP contribution >= 0.6 is 0 Å². The number of aldehydes is 1. The number of aromatic nitrogens is 1. The van der Waals surface area contributed by atoms with E-state index < -0.39 is 0 Å². The number of hydrogen-bond donors (Lipinski definition) is 2. The van der Waals surface area contributed by atoms with Crippen molar-refractivity contribution in [3.63, 3.8) is 0 Å². The zero-order chi connectivity index (χ0) is 26.2. The molecule has 0 spiro atoms. The number of aryl methyl sites for hydroxylation is 1. The van der Waals surface area contributed by atoms with Gasteiger partial charge in [0.2, 0.25) is 5.91 Å². The Hall–Kier alpha value is -3.26. The molecule has 0 aliphatic carbocycles. The van der Waals surface area contributed by atoms with Crippen molar-refractivity contribution >= 4 is 12.2 Å². The SMILES string of the molecule is CN1CCNC[C@H]1CN1CCC(C(N)=O)CC1.Cc1cc(C=O)c(-c2ccccc2)n1-c1ccccc1. The normalized spacial score (nSPS) is 19.1. The largest absolute Gasteiger partial charge is 0.369 e. The summed E-state index contributed by atoms with van der Waals surface area (Å²) in [6, 6.07) is 22.6. The van der Waals surface area contributed by atoms with Crippen LogP contribution in [-0.4, -0.2) is 78.9 Å². The fraction of sp³-hybridized carbons (Fsp3) is 0.400. The number of likely N-dealkylation sites (tertiary alicyclic amines) is 1. The molecule has 1 aromatic heterocycles. The van der Waals surface area contributed by atoms with Crippen molar-refractivity contribution in [3.8, 4) is 16.9 Å². The topological polar surface area (TPSA) is 83.6 Å². The molecule has 3 N–H and O–H groups in total. The number of piperidine rings is 1. The van der Waals surface area contributed by atoms with E-state index in [4.69, 9.17) is 5.73 Å². The summed E-state index contributed by atoms with van der Waals surface area (Å²) in [4.78, 5) is 27.4. The number of nitrogens with zero attached hydrogens (tertiary/aromatic N) is 3. The van der Waals surface area contributed by atoms with E-state index in [0.29, 0.717) is 6.04 Å². The summed E-state index contributed by atoms with van der Waals surface area (Å²) < 4.78 is 2.12. The third kappa shape index (κ3) is 6.74. The minimum absolute atomic E-state index is 0.105. The Balaban J connectivity index is 0.000000176. The van der Waals surface area contributed by atoms with E-state index in [1.807, 2.05) is 73.7 Å². The molecule has 196 valence electrons. The van der Waals surface area contributed by atoms with Crippen LogP contribution in [-0.2, 0) is 4.79 Å². The lowest BCUT2D eigenvalue weighted by Crippen LogP contribution is -2.55. The summed E-state index contributed by atoms with van der Waals surface area (Å²) in [6.45, 7) is 8.45. The van der Waals surface area contributed by atoms with E-state index in [-0.39, 0.29) is 11.8 Å². The van der Waals surface area contributed by atoms with Crippen LogP contribution in [0.5, 0.6) is 0 Å². The van der Waals surface area contributed by atoms with Gasteiger partial charge >= 0.3 is 0 Å². The average molecular weight is 502 g/mol. The highest BCUT2D eigenvalue weighted by molar-refractivity contribution is 5.88. The molecule has 0 radical (unpaired) electrons. The third-order valence-electron chi connectivity index (χ3n) is 7.51. The third-order valence-corrected chi connectivity index (χ3v) is 7.51. The molecule has 7 heteroatoms. The summed E-state index contributed by atoms with van der Waals surface area (Å²) in [6.07, 6.45) is 2.78. The lowest BCUT2D eigenvalue weighted by molar-refractivity contribution is -0.123. The quantitative estimate of drug-likeness (QED) is 0.506. The summed E-state index contributed by atoms with van der Waals surface area (Å²) >= 11 is 0. The van der Waals surface area contributed by atoms with Gasteiger partial charge in [0.25, 0.3) is 0 Å². The molecular weight excluding hydrogens is 462 g/mol. The van der Waals surface area contributed by atoms with Crippen molar-refractivity contribution in [2.24, 2.45) is 11.7 Å². The molecule has 7 nitrogen and oxygen atoms in total. The Morgan fingerprint density at radius 2 is 1.68 bits per heavy atom. The number of carbonyl (C=O) groups excluding carboxylic acids is 2. The Morgan fingerprint density at radius 1 is 1.03 bits per heavy atom. The first-order chi connectivity index (χ1) is 18.0. The van der Waals surface area contributed by atoms with Gasteiger partial charge in [-0.3, -0.25) is 14.5 Å². The second kappa shape index (κ2) is 12.8. The van der Waals surface area contributed by atoms with Gasteiger partial charge in [-0.2, -0.15) is 0 Å². The minimum atomic E-state index is -0.124. The van der Waals surface area contributed by atoms with Gasteiger partial charge in [0.15, 0.2) is 6.29 Å². The first-order valence-corrected chi connectivity index (χ1v) is 13.2. The van der Waals surface area contributed by atoms with Crippen LogP contribution in [0.15, 0.2) is 66.7 Å². The van der Waals surface area contributed by atoms with Gasteiger partial charge in [-0.15, -0.1) is 0 Å². The number of rotatable bonds is 6. The Kier molecular flexibility index (Phi) is 9.28. The minimum Gasteiger partial charge on any atom is -0.369 e. The van der Waals surface area contributed by atoms with E-state index in [1.54, 1.807) is 0 Å². The number of hydrogen-bond acceptors (Lipinski definition) is 5. The number of amides is 1. The zero-order valence-corrected chi connectivity index (χ0v) is 22.0. The monoisotopic (exact) mass is 501 g/mol. The van der Waals surface area contributed by atoms with E-state index in [0.717, 1.165) is 86.6 Å². The molecule has 2 aliphatic heterocycles. The highest BCUT2D eigenvalue weighted by atomic mass is 16.1. The van der Waals surface area contributed by atoms with Crippen molar-refractivity contribution in [1.82, 2.24) is 19.7 Å². The van der Waals surface area contributed by atoms with Gasteiger partial charge < -0.3 is 20.5 Å². The molecule has 1 amide bonds. The molecule has 37 heavy (non-hydrogen) atoms. The van der Waals surface area contributed by atoms with Crippen LogP contribution in [0, 0.1) is 12.8 Å². The molecule has 2 aliphatic rings. The maximum absolute atomic E-state index is 11.4. The number of nitrogens with two attached hydrogens (primary N) is 1. The molecule has 1 atom stereocenters. The zero-order valence-electron chi connectivity index (χ0n) is 22.0. The van der Waals surface area contributed by atoms with E-state index in [9.17, 15) is 9.59 Å². The van der Waals surface area contributed by atoms with E-state index in [1.165, 1.54) is 0 Å². The Bertz CT molecular complexity index is 1150. The summed E-state index contributed by atoms with van der Waals surface area (Å²) in [5.74, 6) is -0.0189. The van der Waals surface area contributed by atoms with Crippen LogP contribution in [0.4, 0.5) is 0 Å². The van der Waals surface area contributed by atoms with Crippen LogP contribution < -0.4 is 11.1 Å². The van der Waals surface area contributed by atoms with Crippen LogP contribution in [0.25, 0.3) is 16.9 Å². The number of piperazine rings is 1. The highest BCUT2D eigenvalue weighted by Crippen LogP contribution is 2.29. The molecule has 5 rings (SSSR count). The molecule has 3 aromatic rings. The van der Waals surface area contributed by atoms with Crippen LogP contribution in [0.1, 0.15) is 28.9 Å². The van der Waals surface area contributed by atoms with Crippen molar-refractivity contribution in [2.75, 3.05) is 46.3 Å². The number of benzene rings is 2. The molecule has 3 heterocycles. The van der Waals surface area contributed by atoms with E-state index in [2.05, 4.69) is 26.7 Å². The number of carbonyl (C=O) groups is 2. The average Bonchev–Trinajstić information content (AvgIpc) is 3.28. The van der Waals surface area contributed by atoms with E-state index >= 15 is 0 Å². The van der Waals surface area contributed by atoms with Crippen molar-refractivity contribution in [2.45, 2.75) is 25.8 Å². The summed E-state index contributed by atoms with van der Waals surface area (Å²) in [5, 5.41) is 3.44. The first-order valence-electron chi connectivity index (χ1n) is 13.2. The maximum atomic E-state index is 11.4. The number of primary amides is 1. The van der Waals surface area contributed by atoms with Crippen molar-refractivity contribution in [1.29, 1.82) is 0 Å². The lowest BCUT2D eigenvalue weighted by atomic mass is 9.96. The molecular formula is C30H39N5O2. The second-order valence-corrected chi connectivity index (χ2v) is 10.1. The first kappa shape index (κ1) is 26.8. The van der Waals surface area contributed by atoms with Crippen LogP contribution in [0.3, 0.4) is 0 Å². The predicted molar refractivity (Wildman–Crippen MR) is 149 cm³/mol. The van der Waals surface area contributed by atoms with Crippen LogP contribution in [0.2, 0.25) is 0 Å². The Morgan fingerprint density at radius 3 is 2.27 bits per heavy atom. The smallest absolute Gasteiger partial charge is 0.220 e. The standard InChI is InChI=1S/C18H15NO.C12H24N4O/c1-14-12-16(13-20)18(15-8-4-2-5-9-15)19(14)17-10-6-3-7-11-17;1-15-7-4-14-8-11(15)9-16-5-2-10(3-6-16)12(13)17/h2-13H,1H3;10-11,14H,2-9H2,1H3,(H2,13,17)/t;11-/m.0/s1. The fourth-order valence-electron chi connectivity index (χ4n) is 5.32. The molecule has 2 fully saturated rings. The predicted octanol–water partition coefficient (Wildman–Crippen LogP) is 3.35. The molecule has 2 aromatic carbocycles. The fourth-order valence-corrected chi connectivity index (χ4v) is 5.32. The van der Waals surface area contributed by atoms with Crippen molar-refractivity contribution < 1.29 is 9.59 Å². The summed E-state index contributed by atoms with van der Waals surface area (Å²) in [7, 11) is 2.20. The van der Waals surface area contributed by atoms with Crippen molar-refractivity contribution in [3.05, 3.63) is 78.0 Å². The number of nitrogens with one attached hydrogen (secondary N) is 1. The number of likely N-dealkylation sites (N-methyl/N-ethyl adjacent to an activating group) is 1. The van der Waals surface area contributed by atoms with Gasteiger partial charge in [-0.05, 0) is 63.7 Å². The van der Waals surface area contributed by atoms with Gasteiger partial charge in [-0.1, -0.05) is 48.5 Å². The lowest BCUT2D eigenvalue weighted by Gasteiger charge is -2.38. The van der Waals surface area contributed by atoms with Gasteiger partial charge in [0.1, 0.15) is 0 Å². The number of para-hydroxylation sites is 1. The summed E-state index contributed by atoms with van der Waals surface area (Å²) in [5.41, 5.74) is 10.2. The van der Waals surface area contributed by atoms with Gasteiger partial charge in [0.05, 0.1) is 5.69 Å². The van der Waals surface area contributed by atoms with Gasteiger partial charge in [-0.25, -0.2) is 0 Å². The molecule has 0 bridgehead atoms. The molecule has 2 saturated heterocycles.